The van der Waals surface area contributed by atoms with Gasteiger partial charge in [-0.25, -0.2) is 0 Å². The van der Waals surface area contributed by atoms with Crippen LogP contribution in [0, 0.1) is 17.8 Å². The summed E-state index contributed by atoms with van der Waals surface area (Å²) in [7, 11) is 0. The van der Waals surface area contributed by atoms with Gasteiger partial charge in [0.25, 0.3) is 0 Å². The molecule has 0 aromatic heterocycles. The number of hydrogen-bond donors (Lipinski definition) is 0. The molecule has 0 heterocycles. The molecule has 0 N–H and O–H groups in total. The van der Waals surface area contributed by atoms with Crippen LogP contribution in [0.4, 0.5) is 0 Å². The summed E-state index contributed by atoms with van der Waals surface area (Å²) in [6, 6.07) is 0. The molecule has 0 aliphatic carbocycles. The largest absolute Gasteiger partial charge is 0.462 e. The van der Waals surface area contributed by atoms with E-state index in [4.69, 9.17) is 14.2 Å². The molecule has 60 heavy (non-hydrogen) atoms. The number of carbonyl (C=O) groups excluding carboxylic acids is 3. The van der Waals surface area contributed by atoms with E-state index >= 15 is 0 Å². The van der Waals surface area contributed by atoms with Gasteiger partial charge in [-0.2, -0.15) is 0 Å². The monoisotopic (exact) mass is 849 g/mol. The van der Waals surface area contributed by atoms with E-state index < -0.39 is 6.10 Å². The summed E-state index contributed by atoms with van der Waals surface area (Å²) in [5.74, 6) is 0.360. The Morgan fingerprint density at radius 2 is 0.683 bits per heavy atom. The zero-order valence-electron chi connectivity index (χ0n) is 41.3. The summed E-state index contributed by atoms with van der Waals surface area (Å²) in [5, 5.41) is 0. The first-order valence-electron chi connectivity index (χ1n) is 26.7. The molecule has 6 nitrogen and oxygen atoms in total. The molecule has 0 bridgehead atoms. The predicted molar refractivity (Wildman–Crippen MR) is 256 cm³/mol. The molecule has 0 aliphatic heterocycles. The average molecular weight is 849 g/mol. The van der Waals surface area contributed by atoms with Gasteiger partial charge in [0, 0.05) is 19.3 Å². The van der Waals surface area contributed by atoms with Crippen molar-refractivity contribution in [1.29, 1.82) is 0 Å². The fourth-order valence-corrected chi connectivity index (χ4v) is 8.39. The molecule has 0 spiro atoms. The lowest BCUT2D eigenvalue weighted by Crippen LogP contribution is -2.31. The SMILES string of the molecule is CCCCCCCCCCCCCCCC(=O)OCC(COC(=O)CC(C)CCCCCCCCCCCCC)OC(=O)CCC(C)C(C)CCCCCCCCCCC. The number of esters is 3. The number of unbranched alkanes of at least 4 members (excludes halogenated alkanes) is 30. The molecule has 0 saturated heterocycles. The van der Waals surface area contributed by atoms with Gasteiger partial charge >= 0.3 is 17.9 Å². The molecule has 0 amide bonds. The molecule has 0 saturated carbocycles. The van der Waals surface area contributed by atoms with Gasteiger partial charge in [0.1, 0.15) is 13.2 Å². The number of hydrogen-bond acceptors (Lipinski definition) is 6. The van der Waals surface area contributed by atoms with Gasteiger partial charge in [0.2, 0.25) is 0 Å². The summed E-state index contributed by atoms with van der Waals surface area (Å²) in [6.07, 6.45) is 46.0. The van der Waals surface area contributed by atoms with Crippen LogP contribution in [0.5, 0.6) is 0 Å². The van der Waals surface area contributed by atoms with Crippen LogP contribution in [0.1, 0.15) is 292 Å². The Balaban J connectivity index is 4.61. The highest BCUT2D eigenvalue weighted by atomic mass is 16.6. The van der Waals surface area contributed by atoms with Crippen LogP contribution in [0.15, 0.2) is 0 Å². The lowest BCUT2D eigenvalue weighted by atomic mass is 9.87. The molecule has 4 unspecified atom stereocenters. The van der Waals surface area contributed by atoms with Crippen LogP contribution >= 0.6 is 0 Å². The third-order valence-corrected chi connectivity index (χ3v) is 13.0. The second kappa shape index (κ2) is 45.4. The Kier molecular flexibility index (Phi) is 44.2. The number of rotatable bonds is 47. The lowest BCUT2D eigenvalue weighted by Gasteiger charge is -2.21. The third kappa shape index (κ3) is 41.7. The quantitative estimate of drug-likeness (QED) is 0.0345. The Morgan fingerprint density at radius 1 is 0.350 bits per heavy atom. The van der Waals surface area contributed by atoms with Crippen molar-refractivity contribution in [3.8, 4) is 0 Å². The first-order chi connectivity index (χ1) is 29.2. The van der Waals surface area contributed by atoms with E-state index in [0.717, 1.165) is 38.5 Å². The minimum Gasteiger partial charge on any atom is -0.462 e. The van der Waals surface area contributed by atoms with Crippen molar-refractivity contribution in [2.45, 2.75) is 298 Å². The van der Waals surface area contributed by atoms with Gasteiger partial charge in [-0.3, -0.25) is 14.4 Å². The van der Waals surface area contributed by atoms with Crippen molar-refractivity contribution >= 4 is 17.9 Å². The van der Waals surface area contributed by atoms with Crippen molar-refractivity contribution in [2.24, 2.45) is 17.8 Å². The van der Waals surface area contributed by atoms with Crippen LogP contribution < -0.4 is 0 Å². The summed E-state index contributed by atoms with van der Waals surface area (Å²) in [5.41, 5.74) is 0. The van der Waals surface area contributed by atoms with Gasteiger partial charge in [0.05, 0.1) is 0 Å². The molecule has 0 rings (SSSR count). The van der Waals surface area contributed by atoms with E-state index in [-0.39, 0.29) is 37.0 Å². The molecule has 356 valence electrons. The average Bonchev–Trinajstić information content (AvgIpc) is 3.23. The van der Waals surface area contributed by atoms with Crippen molar-refractivity contribution < 1.29 is 28.6 Å². The van der Waals surface area contributed by atoms with Crippen LogP contribution in [0.2, 0.25) is 0 Å². The fourth-order valence-electron chi connectivity index (χ4n) is 8.39. The van der Waals surface area contributed by atoms with Gasteiger partial charge < -0.3 is 14.2 Å². The molecule has 0 fully saturated rings. The maximum atomic E-state index is 13.1. The van der Waals surface area contributed by atoms with Crippen molar-refractivity contribution in [3.05, 3.63) is 0 Å². The van der Waals surface area contributed by atoms with E-state index in [9.17, 15) is 14.4 Å². The molecule has 4 atom stereocenters. The predicted octanol–water partition coefficient (Wildman–Crippen LogP) is 17.2. The fraction of sp³-hybridized carbons (Fsp3) is 0.944. The van der Waals surface area contributed by atoms with E-state index in [1.165, 1.54) is 193 Å². The second-order valence-electron chi connectivity index (χ2n) is 19.2. The Labute approximate surface area is 374 Å². The number of carbonyl (C=O) groups is 3. The maximum absolute atomic E-state index is 13.1. The van der Waals surface area contributed by atoms with Crippen LogP contribution in [-0.4, -0.2) is 37.2 Å². The highest BCUT2D eigenvalue weighted by Gasteiger charge is 2.22. The van der Waals surface area contributed by atoms with Gasteiger partial charge in [0.15, 0.2) is 6.10 Å². The van der Waals surface area contributed by atoms with Gasteiger partial charge in [-0.15, -0.1) is 0 Å². The van der Waals surface area contributed by atoms with E-state index in [2.05, 4.69) is 41.5 Å². The van der Waals surface area contributed by atoms with E-state index in [1.807, 2.05) is 0 Å². The standard InChI is InChI=1S/C54H104O6/c1-7-10-13-16-19-22-24-25-27-30-33-36-39-42-52(55)58-46-51(47-59-54(57)45-48(4)40-37-34-31-29-26-23-20-17-14-11-8-2)60-53(56)44-43-50(6)49(5)41-38-35-32-28-21-18-15-12-9-3/h48-51H,7-47H2,1-6H3. The smallest absolute Gasteiger partial charge is 0.306 e. The normalized spacial score (nSPS) is 13.5. The Hall–Kier alpha value is -1.59. The van der Waals surface area contributed by atoms with E-state index in [0.29, 0.717) is 31.1 Å². The minimum atomic E-state index is -0.784. The molecule has 0 aliphatic rings. The Morgan fingerprint density at radius 3 is 1.10 bits per heavy atom. The summed E-state index contributed by atoms with van der Waals surface area (Å²) >= 11 is 0. The second-order valence-corrected chi connectivity index (χ2v) is 19.2. The third-order valence-electron chi connectivity index (χ3n) is 13.0. The molecule has 0 radical (unpaired) electrons. The van der Waals surface area contributed by atoms with Gasteiger partial charge in [-0.05, 0) is 30.6 Å². The van der Waals surface area contributed by atoms with Crippen molar-refractivity contribution in [1.82, 2.24) is 0 Å². The molecular weight excluding hydrogens is 745 g/mol. The maximum Gasteiger partial charge on any atom is 0.306 e. The molecule has 0 aromatic rings. The zero-order valence-corrected chi connectivity index (χ0v) is 41.3. The summed E-state index contributed by atoms with van der Waals surface area (Å²) in [6.45, 7) is 13.3. The minimum absolute atomic E-state index is 0.0743. The molecule has 0 aromatic carbocycles. The first kappa shape index (κ1) is 58.4. The lowest BCUT2D eigenvalue weighted by molar-refractivity contribution is -0.167. The van der Waals surface area contributed by atoms with Crippen molar-refractivity contribution in [3.63, 3.8) is 0 Å². The van der Waals surface area contributed by atoms with E-state index in [1.54, 1.807) is 0 Å². The number of ether oxygens (including phenoxy) is 3. The topological polar surface area (TPSA) is 78.9 Å². The molecule has 6 heteroatoms. The van der Waals surface area contributed by atoms with Gasteiger partial charge in [-0.1, -0.05) is 260 Å². The van der Waals surface area contributed by atoms with Crippen LogP contribution in [0.3, 0.4) is 0 Å². The molecular formula is C54H104O6. The first-order valence-corrected chi connectivity index (χ1v) is 26.7. The zero-order chi connectivity index (χ0) is 44.2. The van der Waals surface area contributed by atoms with Crippen molar-refractivity contribution in [2.75, 3.05) is 13.2 Å². The summed E-state index contributed by atoms with van der Waals surface area (Å²) < 4.78 is 17.1. The highest BCUT2D eigenvalue weighted by molar-refractivity contribution is 5.71. The van der Waals surface area contributed by atoms with Crippen LogP contribution in [-0.2, 0) is 28.6 Å². The Bertz CT molecular complexity index is 935. The summed E-state index contributed by atoms with van der Waals surface area (Å²) in [4.78, 5) is 38.6. The highest BCUT2D eigenvalue weighted by Crippen LogP contribution is 2.24. The van der Waals surface area contributed by atoms with Crippen LogP contribution in [0.25, 0.3) is 0 Å².